The van der Waals surface area contributed by atoms with Crippen molar-refractivity contribution in [3.8, 4) is 34.1 Å². The Morgan fingerprint density at radius 1 is 0.667 bits per heavy atom. The first-order valence-electron chi connectivity index (χ1n) is 7.72. The minimum atomic E-state index is 0.662. The van der Waals surface area contributed by atoms with Crippen LogP contribution in [0.1, 0.15) is 5.82 Å². The molecule has 0 unspecified atom stereocenters. The quantitative estimate of drug-likeness (QED) is 0.546. The number of rotatable bonds is 3. The molecule has 2 heterocycles. The SMILES string of the molecule is Cc1nc(-c2ccccc2)nc(-c2cccc(-c3ccco3)c2)n1. The minimum Gasteiger partial charge on any atom is -0.464 e. The van der Waals surface area contributed by atoms with Crippen molar-refractivity contribution < 1.29 is 4.42 Å². The summed E-state index contributed by atoms with van der Waals surface area (Å²) in [5.41, 5.74) is 2.91. The number of aromatic nitrogens is 3. The van der Waals surface area contributed by atoms with E-state index in [1.807, 2.05) is 73.7 Å². The number of aryl methyl sites for hydroxylation is 1. The second kappa shape index (κ2) is 6.08. The molecule has 4 rings (SSSR count). The van der Waals surface area contributed by atoms with Crippen LogP contribution in [0.4, 0.5) is 0 Å². The van der Waals surface area contributed by atoms with E-state index in [2.05, 4.69) is 15.0 Å². The zero-order valence-electron chi connectivity index (χ0n) is 13.2. The summed E-state index contributed by atoms with van der Waals surface area (Å²) in [6.07, 6.45) is 1.67. The lowest BCUT2D eigenvalue weighted by Crippen LogP contribution is -1.99. The van der Waals surface area contributed by atoms with Gasteiger partial charge in [-0.2, -0.15) is 0 Å². The molecule has 4 nitrogen and oxygen atoms in total. The highest BCUT2D eigenvalue weighted by Gasteiger charge is 2.10. The zero-order valence-corrected chi connectivity index (χ0v) is 13.2. The Hall–Kier alpha value is -3.27. The molecule has 4 heteroatoms. The molecule has 0 fully saturated rings. The molecule has 116 valence electrons. The van der Waals surface area contributed by atoms with Crippen molar-refractivity contribution in [3.63, 3.8) is 0 Å². The Morgan fingerprint density at radius 2 is 1.38 bits per heavy atom. The molecule has 0 bridgehead atoms. The fraction of sp³-hybridized carbons (Fsp3) is 0.0500. The van der Waals surface area contributed by atoms with Crippen LogP contribution >= 0.6 is 0 Å². The van der Waals surface area contributed by atoms with Gasteiger partial charge in [0.2, 0.25) is 0 Å². The lowest BCUT2D eigenvalue weighted by atomic mass is 10.1. The summed E-state index contributed by atoms with van der Waals surface area (Å²) in [4.78, 5) is 13.6. The lowest BCUT2D eigenvalue weighted by Gasteiger charge is -2.06. The van der Waals surface area contributed by atoms with Crippen molar-refractivity contribution in [1.82, 2.24) is 15.0 Å². The summed E-state index contributed by atoms with van der Waals surface area (Å²) in [7, 11) is 0. The fourth-order valence-electron chi connectivity index (χ4n) is 2.58. The van der Waals surface area contributed by atoms with Crippen LogP contribution in [0, 0.1) is 6.92 Å². The largest absolute Gasteiger partial charge is 0.464 e. The Bertz CT molecular complexity index is 963. The van der Waals surface area contributed by atoms with Gasteiger partial charge in [-0.3, -0.25) is 0 Å². The maximum atomic E-state index is 5.47. The number of hydrogen-bond acceptors (Lipinski definition) is 4. The predicted octanol–water partition coefficient (Wildman–Crippen LogP) is 4.77. The molecule has 0 amide bonds. The first kappa shape index (κ1) is 14.3. The van der Waals surface area contributed by atoms with Crippen LogP contribution in [-0.4, -0.2) is 15.0 Å². The fourth-order valence-corrected chi connectivity index (χ4v) is 2.58. The first-order chi connectivity index (χ1) is 11.8. The highest BCUT2D eigenvalue weighted by molar-refractivity contribution is 5.68. The maximum Gasteiger partial charge on any atom is 0.163 e. The molecule has 0 aliphatic heterocycles. The molecular weight excluding hydrogens is 298 g/mol. The van der Waals surface area contributed by atoms with Gasteiger partial charge in [0.1, 0.15) is 11.6 Å². The van der Waals surface area contributed by atoms with Gasteiger partial charge in [-0.25, -0.2) is 15.0 Å². The van der Waals surface area contributed by atoms with Crippen LogP contribution in [0.5, 0.6) is 0 Å². The molecule has 0 N–H and O–H groups in total. The van der Waals surface area contributed by atoms with E-state index in [9.17, 15) is 0 Å². The van der Waals surface area contributed by atoms with Crippen LogP contribution in [0.25, 0.3) is 34.1 Å². The van der Waals surface area contributed by atoms with Gasteiger partial charge in [-0.15, -0.1) is 0 Å². The van der Waals surface area contributed by atoms with Crippen molar-refractivity contribution in [2.45, 2.75) is 6.92 Å². The van der Waals surface area contributed by atoms with Crippen LogP contribution in [0.2, 0.25) is 0 Å². The van der Waals surface area contributed by atoms with E-state index in [0.29, 0.717) is 17.5 Å². The molecule has 0 aliphatic rings. The Labute approximate surface area is 139 Å². The molecule has 0 saturated heterocycles. The number of furan rings is 1. The topological polar surface area (TPSA) is 51.8 Å². The number of nitrogens with zero attached hydrogens (tertiary/aromatic N) is 3. The molecule has 0 saturated carbocycles. The molecule has 4 aromatic rings. The Balaban J connectivity index is 1.80. The highest BCUT2D eigenvalue weighted by atomic mass is 16.3. The molecule has 0 atom stereocenters. The molecule has 2 aromatic carbocycles. The molecule has 0 spiro atoms. The number of benzene rings is 2. The van der Waals surface area contributed by atoms with E-state index >= 15 is 0 Å². The monoisotopic (exact) mass is 313 g/mol. The van der Waals surface area contributed by atoms with Gasteiger partial charge in [-0.05, 0) is 25.1 Å². The summed E-state index contributed by atoms with van der Waals surface area (Å²) in [5, 5.41) is 0. The summed E-state index contributed by atoms with van der Waals surface area (Å²) >= 11 is 0. The van der Waals surface area contributed by atoms with Gasteiger partial charge >= 0.3 is 0 Å². The van der Waals surface area contributed by atoms with Crippen molar-refractivity contribution in [2.24, 2.45) is 0 Å². The van der Waals surface area contributed by atoms with Crippen molar-refractivity contribution in [2.75, 3.05) is 0 Å². The molecule has 0 radical (unpaired) electrons. The van der Waals surface area contributed by atoms with E-state index in [1.165, 1.54) is 0 Å². The second-order valence-electron chi connectivity index (χ2n) is 5.45. The first-order valence-corrected chi connectivity index (χ1v) is 7.72. The smallest absolute Gasteiger partial charge is 0.163 e. The number of hydrogen-bond donors (Lipinski definition) is 0. The Morgan fingerprint density at radius 3 is 2.12 bits per heavy atom. The second-order valence-corrected chi connectivity index (χ2v) is 5.45. The standard InChI is InChI=1S/C20H15N3O/c1-14-21-19(15-7-3-2-4-8-15)23-20(22-14)17-10-5-9-16(13-17)18-11-6-12-24-18/h2-13H,1H3. The van der Waals surface area contributed by atoms with Crippen LogP contribution in [-0.2, 0) is 0 Å². The lowest BCUT2D eigenvalue weighted by molar-refractivity contribution is 0.582. The third kappa shape index (κ3) is 2.82. The van der Waals surface area contributed by atoms with Crippen molar-refractivity contribution in [1.29, 1.82) is 0 Å². The van der Waals surface area contributed by atoms with Crippen LogP contribution in [0.3, 0.4) is 0 Å². The van der Waals surface area contributed by atoms with Crippen molar-refractivity contribution in [3.05, 3.63) is 78.8 Å². The van der Waals surface area contributed by atoms with E-state index in [-0.39, 0.29) is 0 Å². The van der Waals surface area contributed by atoms with Gasteiger partial charge in [0.25, 0.3) is 0 Å². The Kier molecular flexibility index (Phi) is 3.63. The average Bonchev–Trinajstić information content (AvgIpc) is 3.17. The van der Waals surface area contributed by atoms with Gasteiger partial charge in [0.05, 0.1) is 6.26 Å². The van der Waals surface area contributed by atoms with Crippen molar-refractivity contribution >= 4 is 0 Å². The molecule has 0 aliphatic carbocycles. The normalized spacial score (nSPS) is 10.7. The maximum absolute atomic E-state index is 5.47. The summed E-state index contributed by atoms with van der Waals surface area (Å²) < 4.78 is 5.47. The molecule has 2 aromatic heterocycles. The third-order valence-corrected chi connectivity index (χ3v) is 3.71. The van der Waals surface area contributed by atoms with Gasteiger partial charge in [0.15, 0.2) is 11.6 Å². The van der Waals surface area contributed by atoms with Gasteiger partial charge < -0.3 is 4.42 Å². The van der Waals surface area contributed by atoms with Gasteiger partial charge in [0, 0.05) is 16.7 Å². The van der Waals surface area contributed by atoms with Gasteiger partial charge in [-0.1, -0.05) is 48.5 Å². The highest BCUT2D eigenvalue weighted by Crippen LogP contribution is 2.26. The van der Waals surface area contributed by atoms with E-state index < -0.39 is 0 Å². The van der Waals surface area contributed by atoms with Crippen LogP contribution in [0.15, 0.2) is 77.4 Å². The molecule has 24 heavy (non-hydrogen) atoms. The predicted molar refractivity (Wildman–Crippen MR) is 93.1 cm³/mol. The average molecular weight is 313 g/mol. The zero-order chi connectivity index (χ0) is 16.4. The van der Waals surface area contributed by atoms with Crippen LogP contribution < -0.4 is 0 Å². The summed E-state index contributed by atoms with van der Waals surface area (Å²) in [5.74, 6) is 2.87. The summed E-state index contributed by atoms with van der Waals surface area (Å²) in [6.45, 7) is 1.88. The van der Waals surface area contributed by atoms with E-state index in [0.717, 1.165) is 22.5 Å². The van der Waals surface area contributed by atoms with E-state index in [4.69, 9.17) is 4.42 Å². The van der Waals surface area contributed by atoms with E-state index in [1.54, 1.807) is 6.26 Å². The summed E-state index contributed by atoms with van der Waals surface area (Å²) in [6, 6.07) is 21.8. The third-order valence-electron chi connectivity index (χ3n) is 3.71. The minimum absolute atomic E-state index is 0.662. The molecular formula is C20H15N3O.